The quantitative estimate of drug-likeness (QED) is 0.493. The Bertz CT molecular complexity index is 423. The molecule has 4 atom stereocenters. The van der Waals surface area contributed by atoms with Crippen LogP contribution in [0.15, 0.2) is 12.2 Å². The number of carbonyl (C=O) groups is 2. The van der Waals surface area contributed by atoms with Crippen molar-refractivity contribution in [1.82, 2.24) is 5.32 Å². The summed E-state index contributed by atoms with van der Waals surface area (Å²) in [5.74, 6) is 0.0138. The molecule has 0 aromatic heterocycles. The largest absolute Gasteiger partial charge is 0.450 e. The van der Waals surface area contributed by atoms with Crippen molar-refractivity contribution < 1.29 is 14.3 Å². The van der Waals surface area contributed by atoms with Crippen LogP contribution in [0.5, 0.6) is 0 Å². The highest BCUT2D eigenvalue weighted by atomic mass is 35.5. The Labute approximate surface area is 124 Å². The van der Waals surface area contributed by atoms with Crippen LogP contribution in [-0.4, -0.2) is 29.4 Å². The summed E-state index contributed by atoms with van der Waals surface area (Å²) in [7, 11) is 0. The van der Waals surface area contributed by atoms with Crippen LogP contribution in [0.4, 0.5) is 0 Å². The molecule has 0 aromatic carbocycles. The average Bonchev–Trinajstić information content (AvgIpc) is 2.45. The van der Waals surface area contributed by atoms with E-state index in [1.165, 1.54) is 0 Å². The number of amides is 1. The monoisotopic (exact) mass is 299 g/mol. The Morgan fingerprint density at radius 1 is 1.55 bits per heavy atom. The Morgan fingerprint density at radius 3 is 2.90 bits per heavy atom. The van der Waals surface area contributed by atoms with Gasteiger partial charge in [0.2, 0.25) is 0 Å². The van der Waals surface area contributed by atoms with Crippen molar-refractivity contribution in [1.29, 1.82) is 0 Å². The number of hydrogen-bond donors (Lipinski definition) is 1. The fourth-order valence-electron chi connectivity index (χ4n) is 2.96. The molecule has 0 spiro atoms. The second-order valence-corrected chi connectivity index (χ2v) is 6.25. The fourth-order valence-corrected chi connectivity index (χ4v) is 3.16. The molecular formula is C15H22ClNO3. The van der Waals surface area contributed by atoms with Crippen LogP contribution in [0, 0.1) is 11.8 Å². The molecule has 0 saturated carbocycles. The van der Waals surface area contributed by atoms with Crippen molar-refractivity contribution >= 4 is 23.5 Å². The van der Waals surface area contributed by atoms with E-state index in [0.29, 0.717) is 18.2 Å². The zero-order valence-electron chi connectivity index (χ0n) is 12.0. The van der Waals surface area contributed by atoms with Gasteiger partial charge in [-0.15, -0.1) is 11.6 Å². The molecule has 1 aliphatic carbocycles. The topological polar surface area (TPSA) is 55.4 Å². The molecule has 1 fully saturated rings. The van der Waals surface area contributed by atoms with Crippen molar-refractivity contribution in [2.75, 3.05) is 5.88 Å². The Balaban J connectivity index is 2.13. The number of carbonyl (C=O) groups excluding carboxylic acids is 2. The zero-order valence-corrected chi connectivity index (χ0v) is 12.8. The summed E-state index contributed by atoms with van der Waals surface area (Å²) >= 11 is 5.62. The minimum Gasteiger partial charge on any atom is -0.450 e. The summed E-state index contributed by atoms with van der Waals surface area (Å²) in [5.41, 5.74) is -0.952. The van der Waals surface area contributed by atoms with Gasteiger partial charge in [-0.25, -0.2) is 4.79 Å². The van der Waals surface area contributed by atoms with Gasteiger partial charge in [-0.2, -0.15) is 0 Å². The number of esters is 1. The number of halogens is 1. The molecular weight excluding hydrogens is 278 g/mol. The first-order chi connectivity index (χ1) is 9.49. The number of nitrogens with one attached hydrogen (secondary N) is 1. The van der Waals surface area contributed by atoms with Gasteiger partial charge < -0.3 is 10.1 Å². The van der Waals surface area contributed by atoms with E-state index in [4.69, 9.17) is 16.3 Å². The van der Waals surface area contributed by atoms with Gasteiger partial charge in [-0.3, -0.25) is 4.79 Å². The lowest BCUT2D eigenvalue weighted by Crippen LogP contribution is -2.65. The number of alkyl halides is 1. The maximum atomic E-state index is 12.3. The molecule has 1 aliphatic heterocycles. The first kappa shape index (κ1) is 15.4. The van der Waals surface area contributed by atoms with Gasteiger partial charge in [0.25, 0.3) is 5.91 Å². The Hall–Kier alpha value is -1.03. The smallest absolute Gasteiger partial charge is 0.332 e. The molecule has 2 rings (SSSR count). The first-order valence-electron chi connectivity index (χ1n) is 7.24. The van der Waals surface area contributed by atoms with Gasteiger partial charge in [0, 0.05) is 12.3 Å². The summed E-state index contributed by atoms with van der Waals surface area (Å²) in [6.45, 7) is 3.76. The van der Waals surface area contributed by atoms with E-state index >= 15 is 0 Å². The summed E-state index contributed by atoms with van der Waals surface area (Å²) in [6, 6.07) is 0. The third kappa shape index (κ3) is 2.85. The van der Waals surface area contributed by atoms with Gasteiger partial charge in [-0.1, -0.05) is 19.1 Å². The van der Waals surface area contributed by atoms with Gasteiger partial charge >= 0.3 is 5.97 Å². The molecule has 5 heteroatoms. The maximum absolute atomic E-state index is 12.3. The second-order valence-electron chi connectivity index (χ2n) is 5.87. The second kappa shape index (κ2) is 6.17. The lowest BCUT2D eigenvalue weighted by Gasteiger charge is -2.42. The normalized spacial score (nSPS) is 35.4. The van der Waals surface area contributed by atoms with Crippen LogP contribution < -0.4 is 5.32 Å². The molecule has 0 radical (unpaired) electrons. The van der Waals surface area contributed by atoms with Crippen LogP contribution in [0.3, 0.4) is 0 Å². The number of hydrogen-bond acceptors (Lipinski definition) is 3. The van der Waals surface area contributed by atoms with Crippen molar-refractivity contribution in [2.24, 2.45) is 11.8 Å². The SMILES string of the molecule is CC([C@@H]1C=CCCC1)[C@]1(C)NC(=O)[C@H](CCCl)OC1=O. The first-order valence-corrected chi connectivity index (χ1v) is 7.78. The third-order valence-electron chi connectivity index (χ3n) is 4.56. The van der Waals surface area contributed by atoms with Crippen LogP contribution in [0.25, 0.3) is 0 Å². The molecule has 1 unspecified atom stereocenters. The number of allylic oxidation sites excluding steroid dienone is 2. The zero-order chi connectivity index (χ0) is 14.8. The van der Waals surface area contributed by atoms with E-state index in [2.05, 4.69) is 17.5 Å². The predicted octanol–water partition coefficient (Wildman–Crippen LogP) is 2.41. The van der Waals surface area contributed by atoms with Gasteiger partial charge in [0.15, 0.2) is 6.10 Å². The van der Waals surface area contributed by atoms with Crippen LogP contribution in [0.1, 0.15) is 39.5 Å². The molecule has 1 N–H and O–H groups in total. The summed E-state index contributed by atoms with van der Waals surface area (Å²) in [5, 5.41) is 2.87. The summed E-state index contributed by atoms with van der Waals surface area (Å²) < 4.78 is 5.31. The minimum atomic E-state index is -0.952. The van der Waals surface area contributed by atoms with Crippen LogP contribution in [-0.2, 0) is 14.3 Å². The van der Waals surface area contributed by atoms with E-state index in [1.807, 2.05) is 6.92 Å². The third-order valence-corrected chi connectivity index (χ3v) is 4.78. The predicted molar refractivity (Wildman–Crippen MR) is 77.4 cm³/mol. The van der Waals surface area contributed by atoms with E-state index in [0.717, 1.165) is 19.3 Å². The fraction of sp³-hybridized carbons (Fsp3) is 0.733. The minimum absolute atomic E-state index is 0.00690. The van der Waals surface area contributed by atoms with Crippen molar-refractivity contribution in [3.05, 3.63) is 12.2 Å². The highest BCUT2D eigenvalue weighted by Crippen LogP contribution is 2.34. The number of cyclic esters (lactones) is 1. The number of rotatable bonds is 4. The van der Waals surface area contributed by atoms with Crippen LogP contribution in [0.2, 0.25) is 0 Å². The van der Waals surface area contributed by atoms with Crippen molar-refractivity contribution in [3.63, 3.8) is 0 Å². The summed E-state index contributed by atoms with van der Waals surface area (Å²) in [4.78, 5) is 24.4. The van der Waals surface area contributed by atoms with E-state index in [1.54, 1.807) is 6.92 Å². The maximum Gasteiger partial charge on any atom is 0.332 e. The summed E-state index contributed by atoms with van der Waals surface area (Å²) in [6.07, 6.45) is 7.18. The molecule has 112 valence electrons. The highest BCUT2D eigenvalue weighted by Gasteiger charge is 2.50. The molecule has 2 aliphatic rings. The Kier molecular flexibility index (Phi) is 4.74. The molecule has 4 nitrogen and oxygen atoms in total. The van der Waals surface area contributed by atoms with E-state index in [9.17, 15) is 9.59 Å². The lowest BCUT2D eigenvalue weighted by molar-refractivity contribution is -0.174. The highest BCUT2D eigenvalue weighted by molar-refractivity contribution is 6.18. The van der Waals surface area contributed by atoms with Gasteiger partial charge in [0.1, 0.15) is 5.54 Å². The number of ether oxygens (including phenoxy) is 1. The van der Waals surface area contributed by atoms with E-state index < -0.39 is 11.6 Å². The molecule has 1 heterocycles. The average molecular weight is 300 g/mol. The molecule has 0 bridgehead atoms. The van der Waals surface area contributed by atoms with Crippen molar-refractivity contribution in [3.8, 4) is 0 Å². The van der Waals surface area contributed by atoms with Crippen molar-refractivity contribution in [2.45, 2.75) is 51.2 Å². The lowest BCUT2D eigenvalue weighted by atomic mass is 9.73. The molecule has 1 saturated heterocycles. The standard InChI is InChI=1S/C15H22ClNO3/c1-10(11-6-4-3-5-7-11)15(2)14(19)20-12(8-9-16)13(18)17-15/h4,6,10-12H,3,5,7-9H2,1-2H3,(H,17,18)/t10?,11-,12+,15+/m1/s1. The van der Waals surface area contributed by atoms with Gasteiger partial charge in [0.05, 0.1) is 0 Å². The molecule has 0 aromatic rings. The van der Waals surface area contributed by atoms with Crippen LogP contribution >= 0.6 is 11.6 Å². The Morgan fingerprint density at radius 2 is 2.30 bits per heavy atom. The van der Waals surface area contributed by atoms with Gasteiger partial charge in [-0.05, 0) is 38.0 Å². The number of morpholine rings is 1. The molecule has 20 heavy (non-hydrogen) atoms. The van der Waals surface area contributed by atoms with E-state index in [-0.39, 0.29) is 17.8 Å². The molecule has 1 amide bonds.